The van der Waals surface area contributed by atoms with Gasteiger partial charge in [-0.2, -0.15) is 10.2 Å². The molecular weight excluding hydrogens is 112 g/mol. The van der Waals surface area contributed by atoms with E-state index in [-0.39, 0.29) is 5.92 Å². The molecule has 0 amide bonds. The van der Waals surface area contributed by atoms with Crippen molar-refractivity contribution in [3.05, 3.63) is 30.9 Å². The zero-order valence-electron chi connectivity index (χ0n) is 5.41. The number of rotatable bonds is 1. The predicted molar refractivity (Wildman–Crippen MR) is 35.8 cm³/mol. The van der Waals surface area contributed by atoms with Gasteiger partial charge in [0, 0.05) is 12.1 Å². The third kappa shape index (κ3) is 1.49. The predicted octanol–water partition coefficient (Wildman–Crippen LogP) is 1.41. The molecule has 0 aliphatic heterocycles. The third-order valence-corrected chi connectivity index (χ3v) is 1.10. The molecule has 0 aliphatic rings. The first kappa shape index (κ1) is 6.20. The lowest BCUT2D eigenvalue weighted by Crippen LogP contribution is -1.92. The van der Waals surface area contributed by atoms with Crippen LogP contribution in [0.2, 0.25) is 0 Å². The monoisotopic (exact) mass is 121 g/mol. The highest BCUT2D eigenvalue weighted by atomic mass is 15.1. The Balaban J connectivity index is 2.85. The van der Waals surface area contributed by atoms with Crippen LogP contribution in [0, 0.1) is 6.92 Å². The van der Waals surface area contributed by atoms with Crippen LogP contribution in [0.3, 0.4) is 0 Å². The molecule has 0 fully saturated rings. The van der Waals surface area contributed by atoms with Gasteiger partial charge in [-0.3, -0.25) is 0 Å². The summed E-state index contributed by atoms with van der Waals surface area (Å²) in [5.74, 6) is 0.235. The molecule has 2 nitrogen and oxygen atoms in total. The Morgan fingerprint density at radius 3 is 2.78 bits per heavy atom. The molecule has 1 rings (SSSR count). The minimum atomic E-state index is 0.235. The number of nitrogens with zero attached hydrogens (tertiary/aromatic N) is 2. The number of hydrogen-bond donors (Lipinski definition) is 0. The highest BCUT2D eigenvalue weighted by Gasteiger charge is 1.96. The van der Waals surface area contributed by atoms with E-state index < -0.39 is 0 Å². The maximum Gasteiger partial charge on any atom is 0.0659 e. The first-order valence-electron chi connectivity index (χ1n) is 2.91. The van der Waals surface area contributed by atoms with Crippen LogP contribution in [0.5, 0.6) is 0 Å². The van der Waals surface area contributed by atoms with Crippen molar-refractivity contribution in [1.82, 2.24) is 10.2 Å². The van der Waals surface area contributed by atoms with Crippen LogP contribution in [-0.4, -0.2) is 10.2 Å². The zero-order chi connectivity index (χ0) is 6.69. The molecule has 1 aromatic rings. The van der Waals surface area contributed by atoms with Crippen LogP contribution in [0.1, 0.15) is 18.5 Å². The van der Waals surface area contributed by atoms with Gasteiger partial charge in [-0.25, -0.2) is 0 Å². The van der Waals surface area contributed by atoms with E-state index in [1.165, 1.54) is 0 Å². The zero-order valence-corrected chi connectivity index (χ0v) is 5.41. The molecule has 9 heavy (non-hydrogen) atoms. The first-order chi connectivity index (χ1) is 4.30. The maximum absolute atomic E-state index is 3.87. The van der Waals surface area contributed by atoms with Crippen molar-refractivity contribution >= 4 is 0 Å². The van der Waals surface area contributed by atoms with Gasteiger partial charge in [0.15, 0.2) is 0 Å². The SMILES string of the molecule is [CH2]C(C)c1cccnn1. The van der Waals surface area contributed by atoms with E-state index in [4.69, 9.17) is 0 Å². The molecule has 0 aromatic carbocycles. The molecule has 1 heterocycles. The summed E-state index contributed by atoms with van der Waals surface area (Å²) in [6.07, 6.45) is 1.66. The molecule has 0 aliphatic carbocycles. The van der Waals surface area contributed by atoms with E-state index in [0.29, 0.717) is 0 Å². The topological polar surface area (TPSA) is 25.8 Å². The average molecular weight is 121 g/mol. The van der Waals surface area contributed by atoms with Crippen molar-refractivity contribution in [3.63, 3.8) is 0 Å². The lowest BCUT2D eigenvalue weighted by molar-refractivity contribution is 0.843. The normalized spacial score (nSPS) is 10.1. The fraction of sp³-hybridized carbons (Fsp3) is 0.286. The van der Waals surface area contributed by atoms with Gasteiger partial charge in [-0.1, -0.05) is 6.92 Å². The van der Waals surface area contributed by atoms with Crippen LogP contribution in [-0.2, 0) is 0 Å². The summed E-state index contributed by atoms with van der Waals surface area (Å²) in [5, 5.41) is 7.58. The van der Waals surface area contributed by atoms with E-state index >= 15 is 0 Å². The van der Waals surface area contributed by atoms with Crippen molar-refractivity contribution in [2.24, 2.45) is 0 Å². The number of aromatic nitrogens is 2. The molecule has 0 saturated heterocycles. The lowest BCUT2D eigenvalue weighted by atomic mass is 10.1. The standard InChI is InChI=1S/C7H9N2/c1-6(2)7-4-3-5-8-9-7/h3-6H,1H2,2H3. The summed E-state index contributed by atoms with van der Waals surface area (Å²) >= 11 is 0. The second-order valence-corrected chi connectivity index (χ2v) is 2.05. The molecule has 0 spiro atoms. The Bertz CT molecular complexity index is 170. The summed E-state index contributed by atoms with van der Waals surface area (Å²) in [4.78, 5) is 0. The molecule has 1 atom stereocenters. The van der Waals surface area contributed by atoms with Crippen LogP contribution in [0.4, 0.5) is 0 Å². The maximum atomic E-state index is 3.87. The van der Waals surface area contributed by atoms with Crippen molar-refractivity contribution < 1.29 is 0 Å². The molecule has 0 saturated carbocycles. The fourth-order valence-electron chi connectivity index (χ4n) is 0.576. The van der Waals surface area contributed by atoms with Crippen LogP contribution < -0.4 is 0 Å². The molecule has 1 radical (unpaired) electrons. The van der Waals surface area contributed by atoms with Gasteiger partial charge < -0.3 is 0 Å². The molecule has 2 heteroatoms. The average Bonchev–Trinajstić information content (AvgIpc) is 1.90. The summed E-state index contributed by atoms with van der Waals surface area (Å²) < 4.78 is 0. The molecule has 0 bridgehead atoms. The minimum Gasteiger partial charge on any atom is -0.159 e. The van der Waals surface area contributed by atoms with Gasteiger partial charge >= 0.3 is 0 Å². The van der Waals surface area contributed by atoms with E-state index in [0.717, 1.165) is 5.69 Å². The Kier molecular flexibility index (Phi) is 1.78. The first-order valence-corrected chi connectivity index (χ1v) is 2.91. The van der Waals surface area contributed by atoms with E-state index in [9.17, 15) is 0 Å². The quantitative estimate of drug-likeness (QED) is 0.561. The van der Waals surface area contributed by atoms with Crippen molar-refractivity contribution in [1.29, 1.82) is 0 Å². The van der Waals surface area contributed by atoms with Gasteiger partial charge in [-0.15, -0.1) is 0 Å². The summed E-state index contributed by atoms with van der Waals surface area (Å²) in [5.41, 5.74) is 0.942. The van der Waals surface area contributed by atoms with Crippen molar-refractivity contribution in [2.75, 3.05) is 0 Å². The smallest absolute Gasteiger partial charge is 0.0659 e. The lowest BCUT2D eigenvalue weighted by Gasteiger charge is -1.98. The van der Waals surface area contributed by atoms with Gasteiger partial charge in [0.1, 0.15) is 0 Å². The summed E-state index contributed by atoms with van der Waals surface area (Å²) in [7, 11) is 0. The van der Waals surface area contributed by atoms with E-state index in [2.05, 4.69) is 17.1 Å². The Morgan fingerprint density at radius 1 is 1.67 bits per heavy atom. The minimum absolute atomic E-state index is 0.235. The largest absolute Gasteiger partial charge is 0.159 e. The Labute approximate surface area is 54.9 Å². The fourth-order valence-corrected chi connectivity index (χ4v) is 0.576. The molecular formula is C7H9N2. The number of hydrogen-bond acceptors (Lipinski definition) is 2. The second kappa shape index (κ2) is 2.58. The van der Waals surface area contributed by atoms with Crippen molar-refractivity contribution in [3.8, 4) is 0 Å². The highest BCUT2D eigenvalue weighted by Crippen LogP contribution is 2.06. The van der Waals surface area contributed by atoms with Crippen LogP contribution >= 0.6 is 0 Å². The summed E-state index contributed by atoms with van der Waals surface area (Å²) in [6, 6.07) is 3.79. The van der Waals surface area contributed by atoms with Gasteiger partial charge in [0.05, 0.1) is 5.69 Å². The van der Waals surface area contributed by atoms with Crippen molar-refractivity contribution in [2.45, 2.75) is 12.8 Å². The molecule has 1 unspecified atom stereocenters. The van der Waals surface area contributed by atoms with Gasteiger partial charge in [-0.05, 0) is 19.1 Å². The van der Waals surface area contributed by atoms with Crippen LogP contribution in [0.25, 0.3) is 0 Å². The van der Waals surface area contributed by atoms with Gasteiger partial charge in [0.25, 0.3) is 0 Å². The van der Waals surface area contributed by atoms with Gasteiger partial charge in [0.2, 0.25) is 0 Å². The third-order valence-electron chi connectivity index (χ3n) is 1.10. The molecule has 0 N–H and O–H groups in total. The van der Waals surface area contributed by atoms with E-state index in [1.54, 1.807) is 6.20 Å². The van der Waals surface area contributed by atoms with Crippen LogP contribution in [0.15, 0.2) is 18.3 Å². The molecule has 47 valence electrons. The molecule has 1 aromatic heterocycles. The Morgan fingerprint density at radius 2 is 2.44 bits per heavy atom. The highest BCUT2D eigenvalue weighted by molar-refractivity contribution is 5.05. The van der Waals surface area contributed by atoms with E-state index in [1.807, 2.05) is 19.1 Å². The summed E-state index contributed by atoms with van der Waals surface area (Å²) in [6.45, 7) is 5.80. The second-order valence-electron chi connectivity index (χ2n) is 2.05. The Hall–Kier alpha value is -0.920.